The zero-order valence-electron chi connectivity index (χ0n) is 12.2. The van der Waals surface area contributed by atoms with Crippen LogP contribution in [0.25, 0.3) is 0 Å². The van der Waals surface area contributed by atoms with Crippen molar-refractivity contribution in [1.82, 2.24) is 4.90 Å². The SMILES string of the molecule is Cc1cc(Br)oc1C(=O)N(C1CCC(C)CC1)C1CC1. The van der Waals surface area contributed by atoms with E-state index in [0.29, 0.717) is 22.5 Å². The summed E-state index contributed by atoms with van der Waals surface area (Å²) < 4.78 is 6.22. The van der Waals surface area contributed by atoms with Crippen molar-refractivity contribution in [2.45, 2.75) is 64.5 Å². The first-order valence-corrected chi connectivity index (χ1v) is 8.44. The molecule has 0 saturated heterocycles. The summed E-state index contributed by atoms with van der Waals surface area (Å²) >= 11 is 3.32. The molecule has 2 aliphatic rings. The first kappa shape index (κ1) is 14.2. The zero-order chi connectivity index (χ0) is 14.3. The molecule has 3 rings (SSSR count). The molecule has 0 atom stereocenters. The maximum atomic E-state index is 12.9. The summed E-state index contributed by atoms with van der Waals surface area (Å²) in [7, 11) is 0. The third kappa shape index (κ3) is 2.80. The number of hydrogen-bond donors (Lipinski definition) is 0. The lowest BCUT2D eigenvalue weighted by molar-refractivity contribution is 0.0558. The van der Waals surface area contributed by atoms with Crippen LogP contribution in [-0.4, -0.2) is 22.9 Å². The molecule has 0 aromatic carbocycles. The number of furan rings is 1. The van der Waals surface area contributed by atoms with E-state index in [1.807, 2.05) is 13.0 Å². The number of rotatable bonds is 3. The second-order valence-electron chi connectivity index (χ2n) is 6.42. The van der Waals surface area contributed by atoms with Gasteiger partial charge in [0.1, 0.15) is 0 Å². The summed E-state index contributed by atoms with van der Waals surface area (Å²) in [6.45, 7) is 4.25. The summed E-state index contributed by atoms with van der Waals surface area (Å²) in [5, 5.41) is 0. The molecule has 0 bridgehead atoms. The molecule has 1 aromatic rings. The van der Waals surface area contributed by atoms with Gasteiger partial charge in [-0.25, -0.2) is 0 Å². The van der Waals surface area contributed by atoms with Gasteiger partial charge in [0.2, 0.25) is 0 Å². The lowest BCUT2D eigenvalue weighted by atomic mass is 9.86. The van der Waals surface area contributed by atoms with E-state index in [2.05, 4.69) is 27.8 Å². The number of halogens is 1. The first-order chi connectivity index (χ1) is 9.56. The third-order valence-electron chi connectivity index (χ3n) is 4.64. The Labute approximate surface area is 128 Å². The number of nitrogens with zero attached hydrogens (tertiary/aromatic N) is 1. The Morgan fingerprint density at radius 3 is 2.20 bits per heavy atom. The van der Waals surface area contributed by atoms with Crippen LogP contribution >= 0.6 is 15.9 Å². The summed E-state index contributed by atoms with van der Waals surface area (Å²) in [5.41, 5.74) is 0.928. The minimum Gasteiger partial charge on any atom is -0.444 e. The molecule has 1 aromatic heterocycles. The maximum absolute atomic E-state index is 12.9. The zero-order valence-corrected chi connectivity index (χ0v) is 13.8. The first-order valence-electron chi connectivity index (χ1n) is 7.65. The van der Waals surface area contributed by atoms with Crippen LogP contribution in [0.1, 0.15) is 61.6 Å². The van der Waals surface area contributed by atoms with Crippen LogP contribution in [0.15, 0.2) is 15.2 Å². The Morgan fingerprint density at radius 2 is 1.75 bits per heavy atom. The molecular weight excluding hydrogens is 318 g/mol. The van der Waals surface area contributed by atoms with E-state index < -0.39 is 0 Å². The predicted octanol–water partition coefficient (Wildman–Crippen LogP) is 4.53. The van der Waals surface area contributed by atoms with Crippen molar-refractivity contribution in [2.75, 3.05) is 0 Å². The Hall–Kier alpha value is -0.770. The van der Waals surface area contributed by atoms with Gasteiger partial charge in [-0.2, -0.15) is 0 Å². The minimum absolute atomic E-state index is 0.0928. The Bertz CT molecular complexity index is 499. The van der Waals surface area contributed by atoms with Gasteiger partial charge >= 0.3 is 0 Å². The molecule has 4 heteroatoms. The Kier molecular flexibility index (Phi) is 3.93. The van der Waals surface area contributed by atoms with Gasteiger partial charge < -0.3 is 9.32 Å². The topological polar surface area (TPSA) is 33.5 Å². The van der Waals surface area contributed by atoms with E-state index >= 15 is 0 Å². The van der Waals surface area contributed by atoms with E-state index in [-0.39, 0.29) is 5.91 Å². The molecule has 0 spiro atoms. The number of carbonyl (C=O) groups is 1. The molecule has 3 nitrogen and oxygen atoms in total. The standard InChI is InChI=1S/C16H22BrNO2/c1-10-3-5-12(6-4-10)18(13-7-8-13)16(19)15-11(2)9-14(17)20-15/h9-10,12-13H,3-8H2,1-2H3. The highest BCUT2D eigenvalue weighted by molar-refractivity contribution is 9.10. The number of aryl methyl sites for hydroxylation is 1. The molecule has 1 heterocycles. The lowest BCUT2D eigenvalue weighted by Gasteiger charge is -2.36. The molecular formula is C16H22BrNO2. The fourth-order valence-electron chi connectivity index (χ4n) is 3.28. The van der Waals surface area contributed by atoms with Crippen LogP contribution in [-0.2, 0) is 0 Å². The van der Waals surface area contributed by atoms with Crippen LogP contribution in [0.4, 0.5) is 0 Å². The molecule has 0 aliphatic heterocycles. The molecule has 20 heavy (non-hydrogen) atoms. The van der Waals surface area contributed by atoms with E-state index in [4.69, 9.17) is 4.42 Å². The van der Waals surface area contributed by atoms with Gasteiger partial charge in [0.05, 0.1) is 0 Å². The van der Waals surface area contributed by atoms with Crippen molar-refractivity contribution in [3.63, 3.8) is 0 Å². The third-order valence-corrected chi connectivity index (χ3v) is 5.03. The monoisotopic (exact) mass is 339 g/mol. The second kappa shape index (κ2) is 5.55. The van der Waals surface area contributed by atoms with Crippen molar-refractivity contribution in [3.05, 3.63) is 22.1 Å². The minimum atomic E-state index is 0.0928. The van der Waals surface area contributed by atoms with E-state index in [0.717, 1.165) is 37.2 Å². The fraction of sp³-hybridized carbons (Fsp3) is 0.688. The molecule has 1 amide bonds. The molecule has 2 fully saturated rings. The summed E-state index contributed by atoms with van der Waals surface area (Å²) in [4.78, 5) is 15.0. The predicted molar refractivity (Wildman–Crippen MR) is 81.8 cm³/mol. The van der Waals surface area contributed by atoms with E-state index in [1.54, 1.807) is 0 Å². The molecule has 110 valence electrons. The molecule has 0 radical (unpaired) electrons. The van der Waals surface area contributed by atoms with Gasteiger partial charge in [-0.3, -0.25) is 4.79 Å². The quantitative estimate of drug-likeness (QED) is 0.810. The van der Waals surface area contributed by atoms with E-state index in [1.165, 1.54) is 12.8 Å². The summed E-state index contributed by atoms with van der Waals surface area (Å²) in [5.74, 6) is 1.42. The molecule has 0 N–H and O–H groups in total. The van der Waals surface area contributed by atoms with Crippen LogP contribution < -0.4 is 0 Å². The normalized spacial score (nSPS) is 26.6. The van der Waals surface area contributed by atoms with Gasteiger partial charge in [-0.1, -0.05) is 6.92 Å². The largest absolute Gasteiger partial charge is 0.444 e. The van der Waals surface area contributed by atoms with Crippen molar-refractivity contribution >= 4 is 21.8 Å². The van der Waals surface area contributed by atoms with Gasteiger partial charge in [0, 0.05) is 17.6 Å². The van der Waals surface area contributed by atoms with Crippen molar-refractivity contribution < 1.29 is 9.21 Å². The van der Waals surface area contributed by atoms with Gasteiger partial charge in [0.25, 0.3) is 5.91 Å². The lowest BCUT2D eigenvalue weighted by Crippen LogP contribution is -2.43. The average molecular weight is 340 g/mol. The molecule has 2 aliphatic carbocycles. The number of hydrogen-bond acceptors (Lipinski definition) is 2. The summed E-state index contributed by atoms with van der Waals surface area (Å²) in [6.07, 6.45) is 7.07. The van der Waals surface area contributed by atoms with Crippen molar-refractivity contribution in [2.24, 2.45) is 5.92 Å². The second-order valence-corrected chi connectivity index (χ2v) is 7.20. The van der Waals surface area contributed by atoms with Crippen molar-refractivity contribution in [1.29, 1.82) is 0 Å². The average Bonchev–Trinajstić information content (AvgIpc) is 3.17. The Morgan fingerprint density at radius 1 is 1.20 bits per heavy atom. The molecule has 0 unspecified atom stereocenters. The van der Waals surface area contributed by atoms with E-state index in [9.17, 15) is 4.79 Å². The van der Waals surface area contributed by atoms with Crippen LogP contribution in [0.5, 0.6) is 0 Å². The van der Waals surface area contributed by atoms with Crippen LogP contribution in [0, 0.1) is 12.8 Å². The van der Waals surface area contributed by atoms with Gasteiger partial charge in [-0.15, -0.1) is 0 Å². The Balaban J connectivity index is 1.80. The van der Waals surface area contributed by atoms with Crippen molar-refractivity contribution in [3.8, 4) is 0 Å². The highest BCUT2D eigenvalue weighted by Crippen LogP contribution is 2.37. The number of carbonyl (C=O) groups excluding carboxylic acids is 1. The van der Waals surface area contributed by atoms with Crippen LogP contribution in [0.2, 0.25) is 0 Å². The smallest absolute Gasteiger partial charge is 0.290 e. The molecule has 2 saturated carbocycles. The van der Waals surface area contributed by atoms with Gasteiger partial charge in [-0.05, 0) is 73.4 Å². The van der Waals surface area contributed by atoms with Gasteiger partial charge in [0.15, 0.2) is 10.4 Å². The fourth-order valence-corrected chi connectivity index (χ4v) is 3.78. The highest BCUT2D eigenvalue weighted by Gasteiger charge is 2.40. The number of amides is 1. The highest BCUT2D eigenvalue weighted by atomic mass is 79.9. The maximum Gasteiger partial charge on any atom is 0.290 e. The summed E-state index contributed by atoms with van der Waals surface area (Å²) in [6, 6.07) is 2.74. The van der Waals surface area contributed by atoms with Crippen LogP contribution in [0.3, 0.4) is 0 Å².